The Morgan fingerprint density at radius 1 is 1.11 bits per heavy atom. The number of benzene rings is 2. The molecule has 2 bridgehead atoms. The number of amides is 3. The van der Waals surface area contributed by atoms with E-state index in [-0.39, 0.29) is 35.5 Å². The van der Waals surface area contributed by atoms with Gasteiger partial charge in [-0.3, -0.25) is 14.4 Å². The van der Waals surface area contributed by atoms with E-state index < -0.39 is 28.7 Å². The summed E-state index contributed by atoms with van der Waals surface area (Å²) in [6.07, 6.45) is 1.30. The molecule has 0 saturated carbocycles. The first kappa shape index (κ1) is 24.8. The summed E-state index contributed by atoms with van der Waals surface area (Å²) < 4.78 is -0.705. The molecule has 7 nitrogen and oxygen atoms in total. The molecule has 5 rings (SSSR count). The molecule has 3 aliphatic rings. The number of hydrogen-bond acceptors (Lipinski definition) is 5. The molecule has 3 N–H and O–H groups in total. The molecule has 3 aliphatic heterocycles. The lowest BCUT2D eigenvalue weighted by Crippen LogP contribution is -2.58. The van der Waals surface area contributed by atoms with Gasteiger partial charge in [0.05, 0.1) is 29.2 Å². The Morgan fingerprint density at radius 2 is 1.78 bits per heavy atom. The zero-order valence-corrected chi connectivity index (χ0v) is 21.4. The Morgan fingerprint density at radius 3 is 2.42 bits per heavy atom. The average molecular weight is 508 g/mol. The minimum Gasteiger partial charge on any atom is -0.394 e. The second-order valence-electron chi connectivity index (χ2n) is 10.1. The van der Waals surface area contributed by atoms with Crippen molar-refractivity contribution in [3.63, 3.8) is 0 Å². The van der Waals surface area contributed by atoms with Crippen molar-refractivity contribution in [2.45, 2.75) is 55.3 Å². The number of fused-ring (bicyclic) bond motifs is 1. The lowest BCUT2D eigenvalue weighted by atomic mass is 9.66. The predicted molar refractivity (Wildman–Crippen MR) is 140 cm³/mol. The smallest absolute Gasteiger partial charge is 0.244 e. The fourth-order valence-electron chi connectivity index (χ4n) is 6.49. The van der Waals surface area contributed by atoms with Crippen LogP contribution in [-0.4, -0.2) is 56.4 Å². The molecule has 2 aromatic carbocycles. The highest BCUT2D eigenvalue weighted by Crippen LogP contribution is 2.68. The molecule has 190 valence electrons. The van der Waals surface area contributed by atoms with Gasteiger partial charge in [-0.25, -0.2) is 0 Å². The first-order valence-corrected chi connectivity index (χ1v) is 13.6. The van der Waals surface area contributed by atoms with Gasteiger partial charge in [0.25, 0.3) is 0 Å². The monoisotopic (exact) mass is 507 g/mol. The van der Waals surface area contributed by atoms with Crippen LogP contribution in [0.25, 0.3) is 0 Å². The third-order valence-corrected chi connectivity index (χ3v) is 10.2. The van der Waals surface area contributed by atoms with Crippen LogP contribution < -0.4 is 10.6 Å². The van der Waals surface area contributed by atoms with Crippen LogP contribution >= 0.6 is 11.8 Å². The number of hydrogen-bond donors (Lipinski definition) is 3. The van der Waals surface area contributed by atoms with Crippen molar-refractivity contribution < 1.29 is 19.5 Å². The van der Waals surface area contributed by atoms with E-state index in [1.807, 2.05) is 67.6 Å². The second-order valence-corrected chi connectivity index (χ2v) is 11.6. The highest BCUT2D eigenvalue weighted by atomic mass is 32.2. The Hall–Kier alpha value is -2.84. The maximum absolute atomic E-state index is 14.1. The highest BCUT2D eigenvalue weighted by Gasteiger charge is 2.76. The van der Waals surface area contributed by atoms with E-state index in [2.05, 4.69) is 17.6 Å². The van der Waals surface area contributed by atoms with Crippen LogP contribution in [0.3, 0.4) is 0 Å². The molecule has 3 fully saturated rings. The van der Waals surface area contributed by atoms with Gasteiger partial charge in [-0.15, -0.1) is 11.8 Å². The summed E-state index contributed by atoms with van der Waals surface area (Å²) in [6.45, 7) is 4.14. The van der Waals surface area contributed by atoms with Crippen molar-refractivity contribution >= 4 is 35.2 Å². The number of aliphatic hydroxyl groups is 1. The summed E-state index contributed by atoms with van der Waals surface area (Å²) in [4.78, 5) is 43.1. The molecule has 3 unspecified atom stereocenters. The van der Waals surface area contributed by atoms with Gasteiger partial charge in [0.15, 0.2) is 0 Å². The molecule has 7 atom stereocenters. The van der Waals surface area contributed by atoms with Gasteiger partial charge in [0, 0.05) is 17.5 Å². The molecule has 2 aromatic rings. The molecule has 3 amide bonds. The second kappa shape index (κ2) is 9.90. The van der Waals surface area contributed by atoms with E-state index in [1.165, 1.54) is 0 Å². The zero-order chi connectivity index (χ0) is 25.4. The normalized spacial score (nSPS) is 31.2. The molecule has 1 spiro atoms. The molecule has 8 heteroatoms. The van der Waals surface area contributed by atoms with E-state index in [0.29, 0.717) is 18.7 Å². The van der Waals surface area contributed by atoms with Gasteiger partial charge in [-0.05, 0) is 36.5 Å². The van der Waals surface area contributed by atoms with Crippen LogP contribution in [0.4, 0.5) is 5.69 Å². The maximum Gasteiger partial charge on any atom is 0.244 e. The quantitative estimate of drug-likeness (QED) is 0.510. The first-order valence-electron chi connectivity index (χ1n) is 12.7. The highest BCUT2D eigenvalue weighted by molar-refractivity contribution is 8.02. The molecule has 0 aromatic heterocycles. The molecular weight excluding hydrogens is 474 g/mol. The number of nitrogens with zero attached hydrogens (tertiary/aromatic N) is 1. The number of rotatable bonds is 8. The summed E-state index contributed by atoms with van der Waals surface area (Å²) in [5.74, 6) is -1.63. The molecule has 0 radical (unpaired) electrons. The van der Waals surface area contributed by atoms with Gasteiger partial charge in [-0.1, -0.05) is 62.4 Å². The first-order chi connectivity index (χ1) is 17.4. The Balaban J connectivity index is 1.49. The van der Waals surface area contributed by atoms with E-state index in [4.69, 9.17) is 0 Å². The number of likely N-dealkylation sites (tertiary alicyclic amines) is 1. The summed E-state index contributed by atoms with van der Waals surface area (Å²) in [6, 6.07) is 17.7. The minimum absolute atomic E-state index is 0.0292. The number of carbonyl (C=O) groups excluding carboxylic acids is 3. The van der Waals surface area contributed by atoms with Crippen LogP contribution in [-0.2, 0) is 20.9 Å². The maximum atomic E-state index is 14.1. The molecule has 0 aliphatic carbocycles. The van der Waals surface area contributed by atoms with Crippen molar-refractivity contribution in [3.8, 4) is 0 Å². The van der Waals surface area contributed by atoms with Crippen molar-refractivity contribution in [2.24, 2.45) is 17.8 Å². The van der Waals surface area contributed by atoms with Crippen LogP contribution in [0.1, 0.15) is 32.3 Å². The van der Waals surface area contributed by atoms with E-state index in [0.717, 1.165) is 12.0 Å². The number of nitrogens with one attached hydrogen (secondary N) is 2. The van der Waals surface area contributed by atoms with Crippen LogP contribution in [0.5, 0.6) is 0 Å². The van der Waals surface area contributed by atoms with Crippen LogP contribution in [0.15, 0.2) is 60.7 Å². The number of anilines is 1. The van der Waals surface area contributed by atoms with Crippen molar-refractivity contribution in [2.75, 3.05) is 11.9 Å². The van der Waals surface area contributed by atoms with Gasteiger partial charge < -0.3 is 20.6 Å². The third-order valence-electron chi connectivity index (χ3n) is 8.16. The molecule has 3 saturated heterocycles. The van der Waals surface area contributed by atoms with Crippen LogP contribution in [0, 0.1) is 17.8 Å². The molecule has 36 heavy (non-hydrogen) atoms. The van der Waals surface area contributed by atoms with Gasteiger partial charge >= 0.3 is 0 Å². The Bertz CT molecular complexity index is 1130. The summed E-state index contributed by atoms with van der Waals surface area (Å²) in [5.41, 5.74) is 1.67. The average Bonchev–Trinajstić information content (AvgIpc) is 3.49. The standard InChI is InChI=1S/C28H33N3O4S/c1-3-20(16-32)31-24(26(34)29-15-18-10-6-4-7-11-18)28-17(2)14-21(36-28)22(23(28)27(31)35)25(33)30-19-12-8-5-9-13-19/h4-13,17,20-24,32H,3,14-16H2,1-2H3,(H,29,34)(H,30,33)/t17?,20-,21-,22+,23-,24?,28?/m0/s1. The largest absolute Gasteiger partial charge is 0.394 e. The summed E-state index contributed by atoms with van der Waals surface area (Å²) in [7, 11) is 0. The topological polar surface area (TPSA) is 98.7 Å². The summed E-state index contributed by atoms with van der Waals surface area (Å²) in [5, 5.41) is 16.2. The van der Waals surface area contributed by atoms with E-state index >= 15 is 0 Å². The minimum atomic E-state index is -0.740. The van der Waals surface area contributed by atoms with Crippen molar-refractivity contribution in [1.82, 2.24) is 10.2 Å². The van der Waals surface area contributed by atoms with E-state index in [9.17, 15) is 19.5 Å². The third kappa shape index (κ3) is 3.91. The molecular formula is C28H33N3O4S. The Labute approximate surface area is 216 Å². The Kier molecular flexibility index (Phi) is 6.83. The lowest BCUT2D eigenvalue weighted by Gasteiger charge is -2.40. The summed E-state index contributed by atoms with van der Waals surface area (Å²) >= 11 is 1.64. The van der Waals surface area contributed by atoms with Gasteiger partial charge in [0.1, 0.15) is 6.04 Å². The number of aliphatic hydroxyl groups excluding tert-OH is 1. The van der Waals surface area contributed by atoms with E-state index in [1.54, 1.807) is 16.7 Å². The fourth-order valence-corrected chi connectivity index (χ4v) is 8.90. The number of para-hydroxylation sites is 1. The lowest BCUT2D eigenvalue weighted by molar-refractivity contribution is -0.142. The zero-order valence-electron chi connectivity index (χ0n) is 20.6. The van der Waals surface area contributed by atoms with Crippen LogP contribution in [0.2, 0.25) is 0 Å². The van der Waals surface area contributed by atoms with Gasteiger partial charge in [0.2, 0.25) is 17.7 Å². The predicted octanol–water partition coefficient (Wildman–Crippen LogP) is 3.05. The fraction of sp³-hybridized carbons (Fsp3) is 0.464. The van der Waals surface area contributed by atoms with Gasteiger partial charge in [-0.2, -0.15) is 0 Å². The SMILES string of the molecule is CC[C@@H](CO)N1C(=O)[C@@H]2[C@H](C(=O)Nc3ccccc3)[C@@H]3CC(C)C2(S3)C1C(=O)NCc1ccccc1. The number of thioether (sulfide) groups is 1. The number of carbonyl (C=O) groups is 3. The van der Waals surface area contributed by atoms with Crippen molar-refractivity contribution in [3.05, 3.63) is 66.2 Å². The molecule has 3 heterocycles. The van der Waals surface area contributed by atoms with Crippen molar-refractivity contribution in [1.29, 1.82) is 0 Å².